The van der Waals surface area contributed by atoms with Crippen LogP contribution in [0.4, 0.5) is 0 Å². The highest BCUT2D eigenvalue weighted by Gasteiger charge is 2.01. The minimum absolute atomic E-state index is 1.17. The summed E-state index contributed by atoms with van der Waals surface area (Å²) in [6.45, 7) is 22.5. The molecule has 0 atom stereocenters. The van der Waals surface area contributed by atoms with Gasteiger partial charge in [-0.25, -0.2) is 9.13 Å². The van der Waals surface area contributed by atoms with Gasteiger partial charge in [-0.15, -0.1) is 0 Å². The third-order valence-electron chi connectivity index (χ3n) is 7.77. The standard InChI is InChI=1S/C40H66.2H3O4P/c1-11-34(4)20-13-22-36(6)24-15-26-38(8)28-17-30-40(10)32-18-31-39(9)29-16-27-37(7)25-14-23-35(5)21-12-19-33(2)3;2*1-5(2,3)4/h11,19,22-23,26-27,30-31H,12-18,20-21,24-25,28-29,32H2,1-10H3;2*(H3,1,2,3,4). The van der Waals surface area contributed by atoms with Crippen LogP contribution in [0.2, 0.25) is 0 Å². The van der Waals surface area contributed by atoms with Gasteiger partial charge in [-0.3, -0.25) is 0 Å². The minimum Gasteiger partial charge on any atom is -0.303 e. The zero-order chi connectivity index (χ0) is 39.2. The van der Waals surface area contributed by atoms with Crippen LogP contribution in [0.25, 0.3) is 0 Å². The van der Waals surface area contributed by atoms with Crippen molar-refractivity contribution in [3.63, 3.8) is 0 Å². The van der Waals surface area contributed by atoms with E-state index in [1.165, 1.54) is 134 Å². The van der Waals surface area contributed by atoms with Crippen molar-refractivity contribution in [1.82, 2.24) is 0 Å². The Morgan fingerprint density at radius 3 is 0.680 bits per heavy atom. The van der Waals surface area contributed by atoms with Crippen LogP contribution in [-0.2, 0) is 9.13 Å². The normalized spacial score (nSPS) is 14.1. The number of hydrogen-bond acceptors (Lipinski definition) is 2. The zero-order valence-electron chi connectivity index (χ0n) is 32.9. The van der Waals surface area contributed by atoms with Crippen LogP contribution in [0.5, 0.6) is 0 Å². The van der Waals surface area contributed by atoms with E-state index in [1.54, 1.807) is 0 Å². The molecule has 0 radical (unpaired) electrons. The van der Waals surface area contributed by atoms with E-state index in [1.807, 2.05) is 0 Å². The molecule has 0 aliphatic heterocycles. The maximum absolute atomic E-state index is 8.88. The molecule has 50 heavy (non-hydrogen) atoms. The van der Waals surface area contributed by atoms with Crippen LogP contribution in [0.3, 0.4) is 0 Å². The summed E-state index contributed by atoms with van der Waals surface area (Å²) in [5, 5.41) is 0. The van der Waals surface area contributed by atoms with Crippen molar-refractivity contribution in [2.45, 2.75) is 159 Å². The minimum atomic E-state index is -4.64. The third kappa shape index (κ3) is 52.9. The molecule has 0 aromatic heterocycles. The van der Waals surface area contributed by atoms with Crippen LogP contribution >= 0.6 is 15.6 Å². The maximum Gasteiger partial charge on any atom is 0.466 e. The lowest BCUT2D eigenvalue weighted by Crippen LogP contribution is -1.84. The van der Waals surface area contributed by atoms with Crippen molar-refractivity contribution >= 4 is 15.6 Å². The van der Waals surface area contributed by atoms with Gasteiger partial charge in [0.05, 0.1) is 0 Å². The SMILES string of the molecule is CC=C(C)CCC=C(C)CCC=C(C)CCC=C(C)CCC=C(C)CCC=C(C)CCC=C(C)CCC=C(C)C.O=P(O)(O)O.O=P(O)(O)O. The molecule has 0 aliphatic carbocycles. The molecule has 0 heterocycles. The first kappa shape index (κ1) is 52.5. The molecule has 0 rings (SSSR count). The number of rotatable bonds is 21. The lowest BCUT2D eigenvalue weighted by molar-refractivity contribution is 0.272. The fourth-order valence-corrected chi connectivity index (χ4v) is 4.62. The molecule has 0 amide bonds. The monoisotopic (exact) mass is 742 g/mol. The van der Waals surface area contributed by atoms with Crippen LogP contribution in [0, 0.1) is 0 Å². The zero-order valence-corrected chi connectivity index (χ0v) is 34.7. The van der Waals surface area contributed by atoms with Crippen molar-refractivity contribution in [2.24, 2.45) is 0 Å². The Kier molecular flexibility index (Phi) is 33.4. The molecular weight excluding hydrogens is 670 g/mol. The van der Waals surface area contributed by atoms with Crippen LogP contribution < -0.4 is 0 Å². The highest BCUT2D eigenvalue weighted by atomic mass is 31.2. The summed E-state index contributed by atoms with van der Waals surface area (Å²) in [7, 11) is -9.28. The Hall–Kier alpha value is -1.86. The first-order chi connectivity index (χ1) is 23.0. The van der Waals surface area contributed by atoms with E-state index in [-0.39, 0.29) is 0 Å². The van der Waals surface area contributed by atoms with Crippen LogP contribution in [0.15, 0.2) is 93.2 Å². The fraction of sp³-hybridized carbons (Fsp3) is 0.600. The van der Waals surface area contributed by atoms with Crippen molar-refractivity contribution in [1.29, 1.82) is 0 Å². The molecule has 0 bridgehead atoms. The molecule has 0 unspecified atom stereocenters. The maximum atomic E-state index is 8.88. The van der Waals surface area contributed by atoms with Crippen molar-refractivity contribution < 1.29 is 38.5 Å². The van der Waals surface area contributed by atoms with Crippen molar-refractivity contribution in [3.05, 3.63) is 93.2 Å². The summed E-state index contributed by atoms with van der Waals surface area (Å²) in [4.78, 5) is 43.1. The average Bonchev–Trinajstić information content (AvgIpc) is 2.95. The van der Waals surface area contributed by atoms with Crippen molar-refractivity contribution in [2.75, 3.05) is 0 Å². The van der Waals surface area contributed by atoms with Gasteiger partial charge in [0, 0.05) is 0 Å². The Morgan fingerprint density at radius 2 is 0.520 bits per heavy atom. The number of hydrogen-bond donors (Lipinski definition) is 6. The van der Waals surface area contributed by atoms with Gasteiger partial charge >= 0.3 is 15.6 Å². The highest BCUT2D eigenvalue weighted by Crippen LogP contribution is 2.26. The van der Waals surface area contributed by atoms with Gasteiger partial charge in [0.25, 0.3) is 0 Å². The summed E-state index contributed by atoms with van der Waals surface area (Å²) in [5.41, 5.74) is 12.1. The van der Waals surface area contributed by atoms with Gasteiger partial charge < -0.3 is 29.4 Å². The lowest BCUT2D eigenvalue weighted by atomic mass is 10.0. The summed E-state index contributed by atoms with van der Waals surface area (Å²) in [6.07, 6.45) is 35.8. The first-order valence-corrected chi connectivity index (χ1v) is 20.9. The van der Waals surface area contributed by atoms with Crippen molar-refractivity contribution in [3.8, 4) is 0 Å². The summed E-state index contributed by atoms with van der Waals surface area (Å²) >= 11 is 0. The molecule has 0 spiro atoms. The molecule has 0 aliphatic rings. The molecule has 6 N–H and O–H groups in total. The largest absolute Gasteiger partial charge is 0.466 e. The molecule has 0 saturated heterocycles. The Balaban J connectivity index is -0.00000192. The van der Waals surface area contributed by atoms with E-state index in [9.17, 15) is 0 Å². The molecule has 8 nitrogen and oxygen atoms in total. The smallest absolute Gasteiger partial charge is 0.303 e. The molecule has 0 fully saturated rings. The average molecular weight is 743 g/mol. The molecule has 10 heteroatoms. The molecule has 0 aromatic carbocycles. The van der Waals surface area contributed by atoms with Crippen LogP contribution in [-0.4, -0.2) is 29.4 Å². The van der Waals surface area contributed by atoms with Gasteiger partial charge in [0.15, 0.2) is 0 Å². The van der Waals surface area contributed by atoms with Gasteiger partial charge in [-0.2, -0.15) is 0 Å². The van der Waals surface area contributed by atoms with E-state index in [0.29, 0.717) is 0 Å². The first-order valence-electron chi connectivity index (χ1n) is 17.8. The second-order valence-corrected chi connectivity index (χ2v) is 15.6. The molecule has 0 saturated carbocycles. The van der Waals surface area contributed by atoms with E-state index in [4.69, 9.17) is 38.5 Å². The summed E-state index contributed by atoms with van der Waals surface area (Å²) < 4.78 is 17.8. The number of phosphoric acid groups is 2. The molecule has 0 aromatic rings. The second kappa shape index (κ2) is 31.8. The molecule has 290 valence electrons. The van der Waals surface area contributed by atoms with Crippen LogP contribution in [0.1, 0.15) is 159 Å². The topological polar surface area (TPSA) is 156 Å². The third-order valence-corrected chi connectivity index (χ3v) is 7.77. The highest BCUT2D eigenvalue weighted by molar-refractivity contribution is 7.45. The summed E-state index contributed by atoms with van der Waals surface area (Å²) in [5.74, 6) is 0. The predicted molar refractivity (Wildman–Crippen MR) is 215 cm³/mol. The Labute approximate surface area is 305 Å². The second-order valence-electron chi connectivity index (χ2n) is 13.5. The number of allylic oxidation sites excluding steroid dienone is 16. The Morgan fingerprint density at radius 1 is 0.360 bits per heavy atom. The predicted octanol–water partition coefficient (Wildman–Crippen LogP) is 12.2. The molecular formula is C40H72O8P2. The fourth-order valence-electron chi connectivity index (χ4n) is 4.62. The van der Waals surface area contributed by atoms with Gasteiger partial charge in [0.2, 0.25) is 0 Å². The van der Waals surface area contributed by atoms with Gasteiger partial charge in [-0.05, 0) is 159 Å². The quantitative estimate of drug-likeness (QED) is 0.0501. The van der Waals surface area contributed by atoms with E-state index >= 15 is 0 Å². The van der Waals surface area contributed by atoms with E-state index in [0.717, 1.165) is 0 Å². The summed E-state index contributed by atoms with van der Waals surface area (Å²) in [6, 6.07) is 0. The lowest BCUT2D eigenvalue weighted by Gasteiger charge is -2.04. The van der Waals surface area contributed by atoms with Gasteiger partial charge in [0.1, 0.15) is 0 Å². The van der Waals surface area contributed by atoms with E-state index in [2.05, 4.69) is 118 Å². The van der Waals surface area contributed by atoms with E-state index < -0.39 is 15.6 Å². The Bertz CT molecular complexity index is 1230. The van der Waals surface area contributed by atoms with Gasteiger partial charge in [-0.1, -0.05) is 93.2 Å².